The van der Waals surface area contributed by atoms with E-state index in [1.54, 1.807) is 0 Å². The number of nitrogens with one attached hydrogen (secondary N) is 1. The molecule has 0 amide bonds. The van der Waals surface area contributed by atoms with E-state index in [0.717, 1.165) is 73.2 Å². The average molecular weight is 499 g/mol. The Kier molecular flexibility index (Phi) is 4.85. The smallest absolute Gasteiger partial charge is 0.227 e. The van der Waals surface area contributed by atoms with E-state index in [4.69, 9.17) is 21.6 Å². The molecule has 1 aromatic heterocycles. The summed E-state index contributed by atoms with van der Waals surface area (Å²) in [7, 11) is -1.06. The number of hydrogen-bond acceptors (Lipinski definition) is 6. The fourth-order valence-corrected chi connectivity index (χ4v) is 8.66. The molecular formula is C26H31ClN4O2S. The predicted molar refractivity (Wildman–Crippen MR) is 134 cm³/mol. The molecule has 2 aromatic rings. The number of benzene rings is 1. The molecule has 0 bridgehead atoms. The van der Waals surface area contributed by atoms with Gasteiger partial charge in [0.15, 0.2) is 0 Å². The van der Waals surface area contributed by atoms with Crippen LogP contribution in [0.5, 0.6) is 0 Å². The second-order valence-electron chi connectivity index (χ2n) is 11.3. The van der Waals surface area contributed by atoms with E-state index in [0.29, 0.717) is 23.6 Å². The fraction of sp³-hybridized carbons (Fsp3) is 0.615. The summed E-state index contributed by atoms with van der Waals surface area (Å²) in [6.07, 6.45) is 8.16. The van der Waals surface area contributed by atoms with Crippen LogP contribution in [0.4, 0.5) is 11.8 Å². The van der Waals surface area contributed by atoms with Crippen LogP contribution in [-0.2, 0) is 17.2 Å². The van der Waals surface area contributed by atoms with E-state index in [1.807, 2.05) is 12.1 Å². The number of nitrogens with zero attached hydrogens (tertiary/aromatic N) is 3. The number of hydrogen-bond donors (Lipinski definition) is 2. The van der Waals surface area contributed by atoms with Crippen LogP contribution < -0.4 is 10.2 Å². The van der Waals surface area contributed by atoms with Gasteiger partial charge in [0.1, 0.15) is 10.7 Å². The molecule has 3 saturated carbocycles. The Bertz CT molecular complexity index is 1140. The van der Waals surface area contributed by atoms with Gasteiger partial charge in [0.05, 0.1) is 33.4 Å². The van der Waals surface area contributed by atoms with E-state index >= 15 is 0 Å². The molecule has 1 saturated heterocycles. The first-order valence-corrected chi connectivity index (χ1v) is 14.2. The summed E-state index contributed by atoms with van der Waals surface area (Å²) >= 11 is 6.09. The van der Waals surface area contributed by atoms with E-state index < -0.39 is 10.8 Å². The van der Waals surface area contributed by atoms with Crippen LogP contribution in [-0.4, -0.2) is 49.3 Å². The maximum absolute atomic E-state index is 13.4. The molecule has 1 aromatic carbocycles. The Morgan fingerprint density at radius 1 is 1.09 bits per heavy atom. The molecule has 3 atom stereocenters. The minimum Gasteiger partial charge on any atom is -0.394 e. The minimum absolute atomic E-state index is 0.0822. The first kappa shape index (κ1) is 21.6. The lowest BCUT2D eigenvalue weighted by molar-refractivity contribution is 0.143. The van der Waals surface area contributed by atoms with Gasteiger partial charge in [0, 0.05) is 24.5 Å². The number of aliphatic hydroxyl groups excluding tert-OH is 1. The first-order valence-electron chi connectivity index (χ1n) is 12.7. The lowest BCUT2D eigenvalue weighted by atomic mass is 9.77. The summed E-state index contributed by atoms with van der Waals surface area (Å²) < 4.78 is 13.3. The van der Waals surface area contributed by atoms with Crippen LogP contribution in [0.1, 0.15) is 62.1 Å². The highest BCUT2D eigenvalue weighted by molar-refractivity contribution is 7.87. The lowest BCUT2D eigenvalue weighted by Crippen LogP contribution is -2.48. The van der Waals surface area contributed by atoms with Crippen molar-refractivity contribution in [1.82, 2.24) is 9.97 Å². The maximum atomic E-state index is 13.4. The van der Waals surface area contributed by atoms with Crippen molar-refractivity contribution in [1.29, 1.82) is 0 Å². The number of rotatable bonds is 5. The van der Waals surface area contributed by atoms with Gasteiger partial charge in [-0.05, 0) is 80.4 Å². The lowest BCUT2D eigenvalue weighted by Gasteiger charge is -2.41. The first-order chi connectivity index (χ1) is 16.5. The van der Waals surface area contributed by atoms with Crippen molar-refractivity contribution >= 4 is 34.2 Å². The van der Waals surface area contributed by atoms with Crippen LogP contribution >= 0.6 is 11.6 Å². The largest absolute Gasteiger partial charge is 0.394 e. The van der Waals surface area contributed by atoms with Gasteiger partial charge in [-0.1, -0.05) is 23.7 Å². The van der Waals surface area contributed by atoms with E-state index in [1.165, 1.54) is 18.4 Å². The van der Waals surface area contributed by atoms with Crippen molar-refractivity contribution < 1.29 is 9.32 Å². The van der Waals surface area contributed by atoms with Gasteiger partial charge in [0.25, 0.3) is 0 Å². The zero-order valence-corrected chi connectivity index (χ0v) is 20.9. The summed E-state index contributed by atoms with van der Waals surface area (Å²) in [4.78, 5) is 13.1. The molecule has 8 heteroatoms. The second kappa shape index (κ2) is 7.65. The normalized spacial score (nSPS) is 31.9. The van der Waals surface area contributed by atoms with Gasteiger partial charge in [-0.15, -0.1) is 0 Å². The zero-order valence-electron chi connectivity index (χ0n) is 19.3. The summed E-state index contributed by atoms with van der Waals surface area (Å²) in [6, 6.07) is 8.36. The molecule has 3 heterocycles. The molecule has 1 spiro atoms. The summed E-state index contributed by atoms with van der Waals surface area (Å²) in [5, 5.41) is 14.4. The molecule has 180 valence electrons. The number of halogens is 1. The highest BCUT2D eigenvalue weighted by Gasteiger charge is 2.56. The van der Waals surface area contributed by atoms with Crippen molar-refractivity contribution in [2.45, 2.75) is 72.5 Å². The van der Waals surface area contributed by atoms with Crippen LogP contribution in [0, 0.1) is 11.8 Å². The van der Waals surface area contributed by atoms with Crippen molar-refractivity contribution in [2.24, 2.45) is 11.8 Å². The van der Waals surface area contributed by atoms with Crippen molar-refractivity contribution in [3.05, 3.63) is 40.5 Å². The minimum atomic E-state index is -1.06. The summed E-state index contributed by atoms with van der Waals surface area (Å²) in [5.74, 6) is 3.39. The standard InChI is InChI=1S/C26H31ClN4O2S/c27-20-4-2-16(3-5-20)17-10-18-13-31(14-19(18)11-17)24-28-21-12-26(8-9-26)34(33)22(21)23(29-24)30-25(15-32)6-1-7-25/h2-5,17-19,32H,1,6-15H2,(H,28,29,30). The Morgan fingerprint density at radius 2 is 1.79 bits per heavy atom. The van der Waals surface area contributed by atoms with Crippen molar-refractivity contribution in [3.8, 4) is 0 Å². The Balaban J connectivity index is 1.15. The van der Waals surface area contributed by atoms with Crippen LogP contribution in [0.25, 0.3) is 0 Å². The van der Waals surface area contributed by atoms with Gasteiger partial charge >= 0.3 is 0 Å². The number of aliphatic hydroxyl groups is 1. The Hall–Kier alpha value is -1.70. The van der Waals surface area contributed by atoms with Gasteiger partial charge in [-0.25, -0.2) is 4.98 Å². The Morgan fingerprint density at radius 3 is 2.38 bits per heavy atom. The van der Waals surface area contributed by atoms with Crippen LogP contribution in [0.2, 0.25) is 5.02 Å². The molecule has 2 N–H and O–H groups in total. The van der Waals surface area contributed by atoms with Gasteiger partial charge in [0.2, 0.25) is 5.95 Å². The van der Waals surface area contributed by atoms with E-state index in [9.17, 15) is 9.32 Å². The molecular weight excluding hydrogens is 468 g/mol. The average Bonchev–Trinajstić information content (AvgIpc) is 3.17. The van der Waals surface area contributed by atoms with Gasteiger partial charge in [-0.2, -0.15) is 4.98 Å². The fourth-order valence-electron chi connectivity index (χ4n) is 6.76. The van der Waals surface area contributed by atoms with Gasteiger partial charge < -0.3 is 15.3 Å². The Labute approximate surface area is 208 Å². The summed E-state index contributed by atoms with van der Waals surface area (Å²) in [5.41, 5.74) is 2.04. The predicted octanol–water partition coefficient (Wildman–Crippen LogP) is 4.28. The maximum Gasteiger partial charge on any atom is 0.227 e. The van der Waals surface area contributed by atoms with Crippen molar-refractivity contribution in [3.63, 3.8) is 0 Å². The third-order valence-corrected chi connectivity index (χ3v) is 11.6. The molecule has 0 radical (unpaired) electrons. The number of anilines is 2. The number of fused-ring (bicyclic) bond motifs is 2. The van der Waals surface area contributed by atoms with Gasteiger partial charge in [-0.3, -0.25) is 4.21 Å². The van der Waals surface area contributed by atoms with E-state index in [2.05, 4.69) is 22.3 Å². The molecule has 3 unspecified atom stereocenters. The number of aromatic nitrogens is 2. The molecule has 4 fully saturated rings. The van der Waals surface area contributed by atoms with E-state index in [-0.39, 0.29) is 16.9 Å². The molecule has 5 aliphatic rings. The molecule has 3 aliphatic carbocycles. The SMILES string of the molecule is O=S1c2c(nc(N3CC4CC(c5ccc(Cl)cc5)CC4C3)nc2NC2(CO)CCC2)CC12CC2. The third-order valence-electron chi connectivity index (χ3n) is 9.17. The molecule has 7 rings (SSSR count). The second-order valence-corrected chi connectivity index (χ2v) is 13.6. The monoisotopic (exact) mass is 498 g/mol. The molecule has 34 heavy (non-hydrogen) atoms. The highest BCUT2D eigenvalue weighted by Crippen LogP contribution is 2.54. The molecule has 2 aliphatic heterocycles. The zero-order chi connectivity index (χ0) is 23.1. The van der Waals surface area contributed by atoms with Crippen LogP contribution in [0.3, 0.4) is 0 Å². The third kappa shape index (κ3) is 3.34. The van der Waals surface area contributed by atoms with Crippen molar-refractivity contribution in [2.75, 3.05) is 29.9 Å². The molecule has 6 nitrogen and oxygen atoms in total. The summed E-state index contributed by atoms with van der Waals surface area (Å²) in [6.45, 7) is 2.04. The topological polar surface area (TPSA) is 78.4 Å². The quantitative estimate of drug-likeness (QED) is 0.640. The van der Waals surface area contributed by atoms with Crippen LogP contribution in [0.15, 0.2) is 29.2 Å². The highest BCUT2D eigenvalue weighted by atomic mass is 35.5.